The Hall–Kier alpha value is -1.75. The van der Waals surface area contributed by atoms with Gasteiger partial charge in [0.05, 0.1) is 0 Å². The fourth-order valence-corrected chi connectivity index (χ4v) is 1.62. The van der Waals surface area contributed by atoms with Crippen LogP contribution in [0.15, 0.2) is 24.3 Å². The standard InChI is InChI=1S/C14H24N4O/c1-17(2)11-5-10-15-14(19)16-12-6-8-13(9-7-12)18(3)4/h6-9H,5,10-11H2,1-4H3,(H2,15,16,19). The van der Waals surface area contributed by atoms with E-state index in [1.165, 1.54) is 0 Å². The fourth-order valence-electron chi connectivity index (χ4n) is 1.62. The lowest BCUT2D eigenvalue weighted by Gasteiger charge is -2.13. The van der Waals surface area contributed by atoms with E-state index in [0.717, 1.165) is 24.3 Å². The predicted molar refractivity (Wildman–Crippen MR) is 81.0 cm³/mol. The predicted octanol–water partition coefficient (Wildman–Crippen LogP) is 1.83. The van der Waals surface area contributed by atoms with Gasteiger partial charge in [-0.3, -0.25) is 0 Å². The minimum absolute atomic E-state index is 0.156. The molecular formula is C14H24N4O. The quantitative estimate of drug-likeness (QED) is 0.771. The molecule has 0 spiro atoms. The smallest absolute Gasteiger partial charge is 0.319 e. The van der Waals surface area contributed by atoms with Crippen LogP contribution in [-0.2, 0) is 0 Å². The SMILES string of the molecule is CN(C)CCCNC(=O)Nc1ccc(N(C)C)cc1. The number of carbonyl (C=O) groups excluding carboxylic acids is 1. The summed E-state index contributed by atoms with van der Waals surface area (Å²) in [7, 11) is 8.01. The van der Waals surface area contributed by atoms with Gasteiger partial charge in [0.1, 0.15) is 0 Å². The van der Waals surface area contributed by atoms with Crippen LogP contribution in [0.2, 0.25) is 0 Å². The lowest BCUT2D eigenvalue weighted by Crippen LogP contribution is -2.31. The molecule has 0 unspecified atom stereocenters. The molecule has 0 aliphatic heterocycles. The number of nitrogens with zero attached hydrogens (tertiary/aromatic N) is 2. The summed E-state index contributed by atoms with van der Waals surface area (Å²) in [5, 5.41) is 5.65. The molecule has 0 bridgehead atoms. The summed E-state index contributed by atoms with van der Waals surface area (Å²) in [5.41, 5.74) is 1.91. The van der Waals surface area contributed by atoms with E-state index in [9.17, 15) is 4.79 Å². The molecule has 1 aromatic rings. The molecule has 0 saturated heterocycles. The topological polar surface area (TPSA) is 47.6 Å². The fraction of sp³-hybridized carbons (Fsp3) is 0.500. The van der Waals surface area contributed by atoms with Crippen LogP contribution in [0.4, 0.5) is 16.2 Å². The Balaban J connectivity index is 2.32. The number of amides is 2. The van der Waals surface area contributed by atoms with Crippen LogP contribution in [0, 0.1) is 0 Å². The maximum atomic E-state index is 11.6. The highest BCUT2D eigenvalue weighted by Crippen LogP contribution is 2.15. The van der Waals surface area contributed by atoms with Gasteiger partial charge in [0, 0.05) is 32.0 Å². The van der Waals surface area contributed by atoms with E-state index < -0.39 is 0 Å². The third-order valence-corrected chi connectivity index (χ3v) is 2.71. The third-order valence-electron chi connectivity index (χ3n) is 2.71. The Bertz CT molecular complexity index is 387. The van der Waals surface area contributed by atoms with Crippen molar-refractivity contribution >= 4 is 17.4 Å². The Labute approximate surface area is 115 Å². The lowest BCUT2D eigenvalue weighted by atomic mass is 10.2. The number of urea groups is 1. The molecule has 0 radical (unpaired) electrons. The molecule has 5 heteroatoms. The number of hydrogen-bond acceptors (Lipinski definition) is 3. The molecule has 106 valence electrons. The van der Waals surface area contributed by atoms with Crippen LogP contribution in [0.1, 0.15) is 6.42 Å². The van der Waals surface area contributed by atoms with Gasteiger partial charge in [-0.2, -0.15) is 0 Å². The zero-order valence-corrected chi connectivity index (χ0v) is 12.2. The number of benzene rings is 1. The van der Waals surface area contributed by atoms with Crippen molar-refractivity contribution in [1.82, 2.24) is 10.2 Å². The third kappa shape index (κ3) is 6.10. The van der Waals surface area contributed by atoms with Crippen molar-refractivity contribution in [2.45, 2.75) is 6.42 Å². The second-order valence-corrected chi connectivity index (χ2v) is 4.98. The number of anilines is 2. The zero-order chi connectivity index (χ0) is 14.3. The van der Waals surface area contributed by atoms with Crippen LogP contribution in [0.25, 0.3) is 0 Å². The first kappa shape index (κ1) is 15.3. The minimum Gasteiger partial charge on any atom is -0.378 e. The van der Waals surface area contributed by atoms with E-state index >= 15 is 0 Å². The van der Waals surface area contributed by atoms with E-state index in [0.29, 0.717) is 6.54 Å². The Morgan fingerprint density at radius 3 is 2.26 bits per heavy atom. The van der Waals surface area contributed by atoms with Gasteiger partial charge in [-0.1, -0.05) is 0 Å². The number of carbonyl (C=O) groups is 1. The molecule has 0 saturated carbocycles. The van der Waals surface area contributed by atoms with E-state index in [4.69, 9.17) is 0 Å². The Morgan fingerprint density at radius 1 is 1.11 bits per heavy atom. The zero-order valence-electron chi connectivity index (χ0n) is 12.2. The monoisotopic (exact) mass is 264 g/mol. The van der Waals surface area contributed by atoms with Crippen molar-refractivity contribution in [3.05, 3.63) is 24.3 Å². The minimum atomic E-state index is -0.156. The average molecular weight is 264 g/mol. The first-order valence-electron chi connectivity index (χ1n) is 6.46. The molecule has 0 fully saturated rings. The average Bonchev–Trinajstić information content (AvgIpc) is 2.35. The van der Waals surface area contributed by atoms with Crippen LogP contribution in [-0.4, -0.2) is 52.2 Å². The summed E-state index contributed by atoms with van der Waals surface area (Å²) in [6.45, 7) is 1.65. The first-order valence-corrected chi connectivity index (χ1v) is 6.46. The van der Waals surface area contributed by atoms with Gasteiger partial charge < -0.3 is 20.4 Å². The molecule has 1 aromatic carbocycles. The second-order valence-electron chi connectivity index (χ2n) is 4.98. The normalized spacial score (nSPS) is 10.4. The van der Waals surface area contributed by atoms with Crippen LogP contribution in [0.3, 0.4) is 0 Å². The van der Waals surface area contributed by atoms with Gasteiger partial charge in [-0.05, 0) is 51.3 Å². The van der Waals surface area contributed by atoms with Gasteiger partial charge >= 0.3 is 6.03 Å². The van der Waals surface area contributed by atoms with E-state index in [1.54, 1.807) is 0 Å². The highest BCUT2D eigenvalue weighted by molar-refractivity contribution is 5.89. The summed E-state index contributed by atoms with van der Waals surface area (Å²) in [4.78, 5) is 15.7. The van der Waals surface area contributed by atoms with Gasteiger partial charge in [-0.25, -0.2) is 4.79 Å². The maximum Gasteiger partial charge on any atom is 0.319 e. The number of nitrogens with one attached hydrogen (secondary N) is 2. The van der Waals surface area contributed by atoms with E-state index in [2.05, 4.69) is 15.5 Å². The molecule has 2 N–H and O–H groups in total. The molecular weight excluding hydrogens is 240 g/mol. The molecule has 2 amide bonds. The number of hydrogen-bond donors (Lipinski definition) is 2. The van der Waals surface area contributed by atoms with Crippen molar-refractivity contribution < 1.29 is 4.79 Å². The molecule has 0 atom stereocenters. The summed E-state index contributed by atoms with van der Waals surface area (Å²) < 4.78 is 0. The molecule has 0 aromatic heterocycles. The lowest BCUT2D eigenvalue weighted by molar-refractivity contribution is 0.251. The van der Waals surface area contributed by atoms with Crippen LogP contribution >= 0.6 is 0 Å². The van der Waals surface area contributed by atoms with E-state index in [1.807, 2.05) is 57.4 Å². The van der Waals surface area contributed by atoms with E-state index in [-0.39, 0.29) is 6.03 Å². The summed E-state index contributed by atoms with van der Waals surface area (Å²) >= 11 is 0. The van der Waals surface area contributed by atoms with Crippen molar-refractivity contribution in [1.29, 1.82) is 0 Å². The van der Waals surface area contributed by atoms with Gasteiger partial charge in [0.15, 0.2) is 0 Å². The molecule has 1 rings (SSSR count). The molecule has 0 aliphatic carbocycles. The maximum absolute atomic E-state index is 11.6. The highest BCUT2D eigenvalue weighted by Gasteiger charge is 2.01. The Kier molecular flexibility index (Phi) is 6.15. The first-order chi connectivity index (χ1) is 8.99. The highest BCUT2D eigenvalue weighted by atomic mass is 16.2. The molecule has 0 heterocycles. The summed E-state index contributed by atoms with van der Waals surface area (Å²) in [5.74, 6) is 0. The molecule has 0 aliphatic rings. The largest absolute Gasteiger partial charge is 0.378 e. The van der Waals surface area contributed by atoms with Gasteiger partial charge in [0.2, 0.25) is 0 Å². The molecule has 19 heavy (non-hydrogen) atoms. The second kappa shape index (κ2) is 7.63. The van der Waals surface area contributed by atoms with Gasteiger partial charge in [0.25, 0.3) is 0 Å². The van der Waals surface area contributed by atoms with Crippen LogP contribution in [0.5, 0.6) is 0 Å². The van der Waals surface area contributed by atoms with Crippen molar-refractivity contribution in [3.63, 3.8) is 0 Å². The van der Waals surface area contributed by atoms with Crippen molar-refractivity contribution in [3.8, 4) is 0 Å². The summed E-state index contributed by atoms with van der Waals surface area (Å²) in [6, 6.07) is 7.59. The van der Waals surface area contributed by atoms with Gasteiger partial charge in [-0.15, -0.1) is 0 Å². The number of rotatable bonds is 6. The van der Waals surface area contributed by atoms with Crippen molar-refractivity contribution in [2.75, 3.05) is 51.5 Å². The Morgan fingerprint density at radius 2 is 1.74 bits per heavy atom. The van der Waals surface area contributed by atoms with Crippen molar-refractivity contribution in [2.24, 2.45) is 0 Å². The summed E-state index contributed by atoms with van der Waals surface area (Å²) in [6.07, 6.45) is 0.944. The molecule has 5 nitrogen and oxygen atoms in total. The van der Waals surface area contributed by atoms with Crippen LogP contribution < -0.4 is 15.5 Å².